The number of nitrogens with zero attached hydrogens (tertiary/aromatic N) is 2. The predicted molar refractivity (Wildman–Crippen MR) is 216 cm³/mol. The summed E-state index contributed by atoms with van der Waals surface area (Å²) in [5.74, 6) is 0.102. The van der Waals surface area contributed by atoms with Crippen molar-refractivity contribution in [2.75, 3.05) is 0 Å². The van der Waals surface area contributed by atoms with E-state index in [9.17, 15) is 4.79 Å². The number of ketones is 1. The van der Waals surface area contributed by atoms with E-state index in [1.807, 2.05) is 12.1 Å². The first-order chi connectivity index (χ1) is 24.9. The van der Waals surface area contributed by atoms with Gasteiger partial charge in [-0.15, -0.1) is 0 Å². The molecular weight excluding hydrogens is 633 g/mol. The number of allylic oxidation sites excluding steroid dienone is 2. The SMILES string of the molecule is CC(C)(C)C1=CC2(C=C(C(C)(C)C)C1=O)c1ccc3ccccc3c1-c1c(ccc3ccccc13)C21N=C(c2ccccc2)C(c2ccccc2)=N1. The number of hydrogen-bond donors (Lipinski definition) is 0. The van der Waals surface area contributed by atoms with Crippen LogP contribution in [0.5, 0.6) is 0 Å². The molecule has 1 heterocycles. The van der Waals surface area contributed by atoms with Gasteiger partial charge in [-0.25, -0.2) is 9.98 Å². The predicted octanol–water partition coefficient (Wildman–Crippen LogP) is 11.6. The molecule has 0 saturated heterocycles. The van der Waals surface area contributed by atoms with Crippen LogP contribution >= 0.6 is 0 Å². The van der Waals surface area contributed by atoms with Gasteiger partial charge in [0.25, 0.3) is 0 Å². The van der Waals surface area contributed by atoms with Crippen molar-refractivity contribution < 1.29 is 4.79 Å². The monoisotopic (exact) mass is 674 g/mol. The van der Waals surface area contributed by atoms with E-state index in [0.717, 1.165) is 50.4 Å². The fourth-order valence-electron chi connectivity index (χ4n) is 8.73. The lowest BCUT2D eigenvalue weighted by Gasteiger charge is -2.50. The summed E-state index contributed by atoms with van der Waals surface area (Å²) < 4.78 is 0. The number of hydrogen-bond acceptors (Lipinski definition) is 3. The van der Waals surface area contributed by atoms with Crippen LogP contribution in [0.15, 0.2) is 167 Å². The molecule has 0 atom stereocenters. The maximum Gasteiger partial charge on any atom is 0.194 e. The lowest BCUT2D eigenvalue weighted by molar-refractivity contribution is -0.114. The zero-order chi connectivity index (χ0) is 36.0. The largest absolute Gasteiger partial charge is 0.289 e. The van der Waals surface area contributed by atoms with E-state index in [1.54, 1.807) is 0 Å². The highest BCUT2D eigenvalue weighted by molar-refractivity contribution is 6.54. The molecule has 0 amide bonds. The Morgan fingerprint density at radius 1 is 0.462 bits per heavy atom. The van der Waals surface area contributed by atoms with Gasteiger partial charge in [0.1, 0.15) is 0 Å². The van der Waals surface area contributed by atoms with E-state index in [-0.39, 0.29) is 5.78 Å². The van der Waals surface area contributed by atoms with Crippen molar-refractivity contribution in [1.82, 2.24) is 0 Å². The van der Waals surface area contributed by atoms with E-state index in [0.29, 0.717) is 0 Å². The van der Waals surface area contributed by atoms with Crippen LogP contribution < -0.4 is 0 Å². The van der Waals surface area contributed by atoms with Crippen molar-refractivity contribution in [3.05, 3.63) is 179 Å². The van der Waals surface area contributed by atoms with Crippen LogP contribution in [0.3, 0.4) is 0 Å². The van der Waals surface area contributed by atoms with Crippen LogP contribution in [-0.4, -0.2) is 17.2 Å². The number of Topliss-reactive ketones (excluding diaryl/α,β-unsaturated/α-hetero) is 1. The minimum Gasteiger partial charge on any atom is -0.289 e. The molecule has 0 aromatic heterocycles. The Bertz CT molecular complexity index is 2500. The molecule has 254 valence electrons. The second-order valence-electron chi connectivity index (χ2n) is 16.6. The summed E-state index contributed by atoms with van der Waals surface area (Å²) in [6, 6.07) is 47.3. The number of fused-ring (bicyclic) bond motifs is 10. The van der Waals surface area contributed by atoms with Crippen molar-refractivity contribution in [3.63, 3.8) is 0 Å². The van der Waals surface area contributed by atoms with Crippen molar-refractivity contribution in [2.24, 2.45) is 20.8 Å². The highest BCUT2D eigenvalue weighted by Gasteiger charge is 2.61. The topological polar surface area (TPSA) is 41.8 Å². The summed E-state index contributed by atoms with van der Waals surface area (Å²) in [7, 11) is 0. The molecule has 0 N–H and O–H groups in total. The Balaban J connectivity index is 1.55. The van der Waals surface area contributed by atoms with Crippen molar-refractivity contribution in [3.8, 4) is 11.1 Å². The van der Waals surface area contributed by atoms with Gasteiger partial charge >= 0.3 is 0 Å². The van der Waals surface area contributed by atoms with Crippen molar-refractivity contribution in [2.45, 2.75) is 52.6 Å². The third-order valence-corrected chi connectivity index (χ3v) is 11.2. The van der Waals surface area contributed by atoms with E-state index < -0.39 is 21.9 Å². The average molecular weight is 675 g/mol. The van der Waals surface area contributed by atoms with E-state index in [1.165, 1.54) is 27.1 Å². The quantitative estimate of drug-likeness (QED) is 0.180. The Labute approximate surface area is 306 Å². The van der Waals surface area contributed by atoms with Gasteiger partial charge in [-0.05, 0) is 49.1 Å². The van der Waals surface area contributed by atoms with Crippen LogP contribution in [0.2, 0.25) is 0 Å². The molecule has 0 fully saturated rings. The zero-order valence-electron chi connectivity index (χ0n) is 30.7. The summed E-state index contributed by atoms with van der Waals surface area (Å²) in [6.45, 7) is 12.9. The third kappa shape index (κ3) is 4.54. The highest BCUT2D eigenvalue weighted by Crippen LogP contribution is 2.64. The number of benzene rings is 6. The molecule has 6 aromatic rings. The van der Waals surface area contributed by atoms with E-state index >= 15 is 0 Å². The molecule has 0 radical (unpaired) electrons. The molecule has 3 aliphatic rings. The van der Waals surface area contributed by atoms with Gasteiger partial charge in [0.15, 0.2) is 11.4 Å². The molecule has 1 aliphatic heterocycles. The maximum atomic E-state index is 14.8. The van der Waals surface area contributed by atoms with Gasteiger partial charge in [0.2, 0.25) is 0 Å². The Hall–Kier alpha value is -5.67. The summed E-state index contributed by atoms with van der Waals surface area (Å²) >= 11 is 0. The van der Waals surface area contributed by atoms with Gasteiger partial charge in [-0.3, -0.25) is 4.79 Å². The molecule has 9 rings (SSSR count). The smallest absolute Gasteiger partial charge is 0.194 e. The van der Waals surface area contributed by atoms with E-state index in [4.69, 9.17) is 9.98 Å². The summed E-state index contributed by atoms with van der Waals surface area (Å²) in [5.41, 5.74) is 6.79. The van der Waals surface area contributed by atoms with Crippen molar-refractivity contribution in [1.29, 1.82) is 0 Å². The number of aliphatic imine (C=N–C) groups is 2. The maximum absolute atomic E-state index is 14.8. The number of carbonyl (C=O) groups is 1. The lowest BCUT2D eigenvalue weighted by Crippen LogP contribution is -2.50. The second-order valence-corrected chi connectivity index (χ2v) is 16.6. The molecule has 2 spiro atoms. The second kappa shape index (κ2) is 11.2. The molecule has 2 aliphatic carbocycles. The molecule has 3 heteroatoms. The van der Waals surface area contributed by atoms with Gasteiger partial charge < -0.3 is 0 Å². The van der Waals surface area contributed by atoms with Crippen LogP contribution in [0, 0.1) is 10.8 Å². The molecule has 52 heavy (non-hydrogen) atoms. The first kappa shape index (κ1) is 32.3. The van der Waals surface area contributed by atoms with Crippen LogP contribution in [0.25, 0.3) is 32.7 Å². The fraction of sp³-hybridized carbons (Fsp3) is 0.204. The molecular formula is C49H42N2O. The number of carbonyl (C=O) groups excluding carboxylic acids is 1. The standard InChI is InChI=1S/C49H42N2O/c1-46(2,3)39-29-48(30-40(45(39)52)47(4,5)6)37-27-25-31-17-13-15-23-35(31)41(37)42-36-24-16-14-18-32(36)26-28-38(42)49(48)50-43(33-19-9-7-10-20-33)44(51-49)34-21-11-8-12-22-34/h7-30H,1-6H3. The third-order valence-electron chi connectivity index (χ3n) is 11.2. The van der Waals surface area contributed by atoms with Crippen molar-refractivity contribution >= 4 is 38.8 Å². The Morgan fingerprint density at radius 2 is 0.865 bits per heavy atom. The van der Waals surface area contributed by atoms with Gasteiger partial charge in [0.05, 0.1) is 16.8 Å². The summed E-state index contributed by atoms with van der Waals surface area (Å²) in [4.78, 5) is 26.7. The minimum absolute atomic E-state index is 0.102. The fourth-order valence-corrected chi connectivity index (χ4v) is 8.73. The number of rotatable bonds is 2. The normalized spacial score (nSPS) is 17.5. The van der Waals surface area contributed by atoms with Gasteiger partial charge in [0, 0.05) is 27.8 Å². The lowest BCUT2D eigenvalue weighted by atomic mass is 9.54. The average Bonchev–Trinajstić information content (AvgIpc) is 3.56. The first-order valence-corrected chi connectivity index (χ1v) is 18.3. The van der Waals surface area contributed by atoms with Crippen LogP contribution in [0.4, 0.5) is 0 Å². The first-order valence-electron chi connectivity index (χ1n) is 18.3. The van der Waals surface area contributed by atoms with Gasteiger partial charge in [-0.2, -0.15) is 0 Å². The highest BCUT2D eigenvalue weighted by atomic mass is 16.1. The summed E-state index contributed by atoms with van der Waals surface area (Å²) in [6.07, 6.45) is 4.53. The molecule has 0 saturated carbocycles. The van der Waals surface area contributed by atoms with Crippen LogP contribution in [-0.2, 0) is 15.9 Å². The zero-order valence-corrected chi connectivity index (χ0v) is 30.7. The molecule has 6 aromatic carbocycles. The van der Waals surface area contributed by atoms with E-state index in [2.05, 4.69) is 175 Å². The van der Waals surface area contributed by atoms with Crippen LogP contribution in [0.1, 0.15) is 63.8 Å². The van der Waals surface area contributed by atoms with Gasteiger partial charge in [-0.1, -0.05) is 187 Å². The molecule has 0 unspecified atom stereocenters. The molecule has 0 bridgehead atoms. The minimum atomic E-state index is -1.17. The molecule has 3 nitrogen and oxygen atoms in total. The summed E-state index contributed by atoms with van der Waals surface area (Å²) in [5, 5.41) is 4.68. The Kier molecular flexibility index (Phi) is 6.92. The Morgan fingerprint density at radius 3 is 1.33 bits per heavy atom.